The molecule has 4 N–H and O–H groups in total. The molecular weight excluding hydrogens is 212 g/mol. The Balaban J connectivity index is 2.77. The fourth-order valence-corrected chi connectivity index (χ4v) is 1.58. The molecule has 0 aliphatic carbocycles. The van der Waals surface area contributed by atoms with E-state index < -0.39 is 0 Å². The third-order valence-electron chi connectivity index (χ3n) is 2.09. The molecule has 1 unspecified atom stereocenters. The van der Waals surface area contributed by atoms with Gasteiger partial charge in [0.15, 0.2) is 0 Å². The van der Waals surface area contributed by atoms with Crippen molar-refractivity contribution in [3.8, 4) is 0 Å². The molecule has 5 heteroatoms. The van der Waals surface area contributed by atoms with Crippen LogP contribution < -0.4 is 16.6 Å². The third kappa shape index (κ3) is 3.11. The number of guanidine groups is 1. The number of hydrogen-bond donors (Lipinski definition) is 3. The normalized spacial score (nSPS) is 13.5. The number of benzene rings is 1. The summed E-state index contributed by atoms with van der Waals surface area (Å²) in [4.78, 5) is 3.93. The summed E-state index contributed by atoms with van der Waals surface area (Å²) in [5.74, 6) is 5.80. The van der Waals surface area contributed by atoms with E-state index in [9.17, 15) is 0 Å². The smallest absolute Gasteiger partial charge is 0.205 e. The first-order valence-corrected chi connectivity index (χ1v) is 5.01. The fraction of sp³-hybridized carbons (Fsp3) is 0.300. The van der Waals surface area contributed by atoms with Gasteiger partial charge in [-0.15, -0.1) is 0 Å². The van der Waals surface area contributed by atoms with Gasteiger partial charge in [0.25, 0.3) is 0 Å². The van der Waals surface area contributed by atoms with Gasteiger partial charge in [0.1, 0.15) is 0 Å². The Bertz CT molecular complexity index is 351. The Labute approximate surface area is 94.5 Å². The van der Waals surface area contributed by atoms with Crippen molar-refractivity contribution in [2.24, 2.45) is 10.8 Å². The van der Waals surface area contributed by atoms with Crippen LogP contribution >= 0.6 is 11.6 Å². The standard InChI is InChI=1S/C10H15ClN4/c1-7(14-10(13-2)15-12)8-5-3-4-6-9(8)11/h3-7H,12H2,1-2H3,(H2,13,14,15). The van der Waals surface area contributed by atoms with Crippen LogP contribution in [0.5, 0.6) is 0 Å². The molecule has 0 saturated carbocycles. The van der Waals surface area contributed by atoms with Crippen LogP contribution in [0.3, 0.4) is 0 Å². The second-order valence-electron chi connectivity index (χ2n) is 3.10. The molecule has 0 heterocycles. The Morgan fingerprint density at radius 1 is 1.47 bits per heavy atom. The van der Waals surface area contributed by atoms with E-state index in [0.29, 0.717) is 5.96 Å². The largest absolute Gasteiger partial charge is 0.349 e. The number of nitrogens with zero attached hydrogens (tertiary/aromatic N) is 1. The molecule has 1 aromatic rings. The summed E-state index contributed by atoms with van der Waals surface area (Å²) in [6, 6.07) is 7.71. The third-order valence-corrected chi connectivity index (χ3v) is 2.43. The van der Waals surface area contributed by atoms with E-state index in [-0.39, 0.29) is 6.04 Å². The average molecular weight is 227 g/mol. The van der Waals surface area contributed by atoms with Crippen LogP contribution in [0.1, 0.15) is 18.5 Å². The SMILES string of the molecule is CN=C(NN)NC(C)c1ccccc1Cl. The lowest BCUT2D eigenvalue weighted by Gasteiger charge is -2.17. The van der Waals surface area contributed by atoms with Crippen LogP contribution in [0.15, 0.2) is 29.3 Å². The summed E-state index contributed by atoms with van der Waals surface area (Å²) in [7, 11) is 1.65. The molecule has 0 aliphatic heterocycles. The number of halogens is 1. The maximum absolute atomic E-state index is 6.06. The lowest BCUT2D eigenvalue weighted by Crippen LogP contribution is -2.42. The van der Waals surface area contributed by atoms with E-state index in [1.807, 2.05) is 31.2 Å². The molecule has 0 aromatic heterocycles. The van der Waals surface area contributed by atoms with Gasteiger partial charge in [-0.25, -0.2) is 5.84 Å². The zero-order valence-corrected chi connectivity index (χ0v) is 9.55. The molecule has 0 radical (unpaired) electrons. The number of aliphatic imine (C=N–C) groups is 1. The molecule has 0 saturated heterocycles. The highest BCUT2D eigenvalue weighted by Gasteiger charge is 2.09. The van der Waals surface area contributed by atoms with E-state index in [1.54, 1.807) is 7.05 Å². The van der Waals surface area contributed by atoms with Gasteiger partial charge in [-0.05, 0) is 18.6 Å². The molecule has 0 aliphatic rings. The molecule has 0 spiro atoms. The molecule has 15 heavy (non-hydrogen) atoms. The first-order chi connectivity index (χ1) is 7.19. The summed E-state index contributed by atoms with van der Waals surface area (Å²) in [5.41, 5.74) is 3.48. The highest BCUT2D eigenvalue weighted by Crippen LogP contribution is 2.21. The number of hydrogen-bond acceptors (Lipinski definition) is 2. The van der Waals surface area contributed by atoms with Crippen LogP contribution in [0.25, 0.3) is 0 Å². The van der Waals surface area contributed by atoms with Gasteiger partial charge in [0.2, 0.25) is 5.96 Å². The van der Waals surface area contributed by atoms with Crippen molar-refractivity contribution in [3.05, 3.63) is 34.9 Å². The van der Waals surface area contributed by atoms with Crippen molar-refractivity contribution >= 4 is 17.6 Å². The lowest BCUT2D eigenvalue weighted by molar-refractivity contribution is 0.692. The molecular formula is C10H15ClN4. The maximum Gasteiger partial charge on any atom is 0.205 e. The van der Waals surface area contributed by atoms with Gasteiger partial charge in [-0.2, -0.15) is 0 Å². The average Bonchev–Trinajstić information content (AvgIpc) is 2.26. The lowest BCUT2D eigenvalue weighted by atomic mass is 10.1. The van der Waals surface area contributed by atoms with Gasteiger partial charge < -0.3 is 5.32 Å². The van der Waals surface area contributed by atoms with Gasteiger partial charge in [-0.3, -0.25) is 10.4 Å². The molecule has 1 rings (SSSR count). The van der Waals surface area contributed by atoms with Crippen LogP contribution in [0.4, 0.5) is 0 Å². The van der Waals surface area contributed by atoms with E-state index in [1.165, 1.54) is 0 Å². The van der Waals surface area contributed by atoms with Crippen molar-refractivity contribution in [1.29, 1.82) is 0 Å². The minimum atomic E-state index is 0.0495. The van der Waals surface area contributed by atoms with E-state index in [4.69, 9.17) is 17.4 Å². The second-order valence-corrected chi connectivity index (χ2v) is 3.51. The van der Waals surface area contributed by atoms with E-state index in [0.717, 1.165) is 10.6 Å². The molecule has 1 atom stereocenters. The summed E-state index contributed by atoms with van der Waals surface area (Å²) in [5, 5.41) is 3.83. The van der Waals surface area contributed by atoms with Crippen LogP contribution in [-0.4, -0.2) is 13.0 Å². The zero-order chi connectivity index (χ0) is 11.3. The summed E-state index contributed by atoms with van der Waals surface area (Å²) in [6.45, 7) is 1.99. The highest BCUT2D eigenvalue weighted by atomic mass is 35.5. The summed E-state index contributed by atoms with van der Waals surface area (Å²) < 4.78 is 0. The van der Waals surface area contributed by atoms with Gasteiger partial charge in [0, 0.05) is 12.1 Å². The van der Waals surface area contributed by atoms with Crippen LogP contribution in [0, 0.1) is 0 Å². The molecule has 4 nitrogen and oxygen atoms in total. The number of rotatable bonds is 2. The first-order valence-electron chi connectivity index (χ1n) is 4.63. The predicted molar refractivity (Wildman–Crippen MR) is 63.7 cm³/mol. The number of nitrogens with two attached hydrogens (primary N) is 1. The zero-order valence-electron chi connectivity index (χ0n) is 8.79. The highest BCUT2D eigenvalue weighted by molar-refractivity contribution is 6.31. The quantitative estimate of drug-likeness (QED) is 0.310. The van der Waals surface area contributed by atoms with Crippen LogP contribution in [-0.2, 0) is 0 Å². The second kappa shape index (κ2) is 5.58. The molecule has 0 amide bonds. The van der Waals surface area contributed by atoms with Gasteiger partial charge in [0.05, 0.1) is 6.04 Å². The van der Waals surface area contributed by atoms with E-state index >= 15 is 0 Å². The molecule has 82 valence electrons. The van der Waals surface area contributed by atoms with Crippen molar-refractivity contribution < 1.29 is 0 Å². The Morgan fingerprint density at radius 2 is 2.13 bits per heavy atom. The molecule has 1 aromatic carbocycles. The van der Waals surface area contributed by atoms with Gasteiger partial charge >= 0.3 is 0 Å². The van der Waals surface area contributed by atoms with Crippen molar-refractivity contribution in [2.75, 3.05) is 7.05 Å². The maximum atomic E-state index is 6.06. The Kier molecular flexibility index (Phi) is 4.39. The fourth-order valence-electron chi connectivity index (χ4n) is 1.28. The predicted octanol–water partition coefficient (Wildman–Crippen LogP) is 1.44. The Morgan fingerprint density at radius 3 is 2.67 bits per heavy atom. The molecule has 0 fully saturated rings. The minimum absolute atomic E-state index is 0.0495. The van der Waals surface area contributed by atoms with Crippen molar-refractivity contribution in [3.63, 3.8) is 0 Å². The first kappa shape index (κ1) is 11.8. The van der Waals surface area contributed by atoms with Crippen molar-refractivity contribution in [1.82, 2.24) is 10.7 Å². The van der Waals surface area contributed by atoms with E-state index in [2.05, 4.69) is 15.7 Å². The topological polar surface area (TPSA) is 62.4 Å². The molecule has 0 bridgehead atoms. The van der Waals surface area contributed by atoms with Crippen molar-refractivity contribution in [2.45, 2.75) is 13.0 Å². The summed E-state index contributed by atoms with van der Waals surface area (Å²) >= 11 is 6.06. The monoisotopic (exact) mass is 226 g/mol. The summed E-state index contributed by atoms with van der Waals surface area (Å²) in [6.07, 6.45) is 0. The Hall–Kier alpha value is -1.26. The minimum Gasteiger partial charge on any atom is -0.349 e. The number of nitrogens with one attached hydrogen (secondary N) is 2. The van der Waals surface area contributed by atoms with Crippen LogP contribution in [0.2, 0.25) is 5.02 Å². The number of hydrazine groups is 1. The van der Waals surface area contributed by atoms with Gasteiger partial charge in [-0.1, -0.05) is 29.8 Å².